The van der Waals surface area contributed by atoms with Crippen molar-refractivity contribution in [3.8, 4) is 17.2 Å². The summed E-state index contributed by atoms with van der Waals surface area (Å²) in [5.74, 6) is 0.489. The highest BCUT2D eigenvalue weighted by Crippen LogP contribution is 2.40. The van der Waals surface area contributed by atoms with Gasteiger partial charge in [-0.05, 0) is 30.0 Å². The number of methoxy groups -OCH3 is 4. The molecule has 2 heterocycles. The van der Waals surface area contributed by atoms with Crippen LogP contribution < -0.4 is 14.2 Å². The quantitative estimate of drug-likeness (QED) is 0.480. The Morgan fingerprint density at radius 3 is 2.30 bits per heavy atom. The van der Waals surface area contributed by atoms with Crippen molar-refractivity contribution in [3.05, 3.63) is 46.3 Å². The van der Waals surface area contributed by atoms with Crippen molar-refractivity contribution in [1.82, 2.24) is 4.90 Å². The van der Waals surface area contributed by atoms with E-state index in [4.69, 9.17) is 18.6 Å². The molecule has 0 radical (unpaired) electrons. The molecule has 0 spiro atoms. The lowest BCUT2D eigenvalue weighted by Gasteiger charge is -2.13. The second-order valence-corrected chi connectivity index (χ2v) is 6.96. The van der Waals surface area contributed by atoms with Gasteiger partial charge in [0.2, 0.25) is 5.76 Å². The van der Waals surface area contributed by atoms with Crippen LogP contribution in [0.5, 0.6) is 17.2 Å². The number of ether oxygens (including phenoxy) is 4. The first-order valence-electron chi connectivity index (χ1n) is 8.64. The molecule has 1 aliphatic rings. The maximum atomic E-state index is 12.8. The maximum Gasteiger partial charge on any atom is 0.373 e. The Labute approximate surface area is 176 Å². The molecule has 1 saturated heterocycles. The van der Waals surface area contributed by atoms with Crippen molar-refractivity contribution in [2.75, 3.05) is 28.4 Å². The van der Waals surface area contributed by atoms with Gasteiger partial charge in [0.25, 0.3) is 11.1 Å². The lowest BCUT2D eigenvalue weighted by Crippen LogP contribution is -2.27. The van der Waals surface area contributed by atoms with Crippen LogP contribution in [-0.2, 0) is 16.1 Å². The fourth-order valence-corrected chi connectivity index (χ4v) is 3.59. The van der Waals surface area contributed by atoms with E-state index in [1.807, 2.05) is 0 Å². The SMILES string of the molecule is COC(=O)c1ccc(CN2C(=O)S/C(=C/c3c(OC)cc(OC)cc3OC)C2=O)o1. The molecule has 1 aromatic heterocycles. The Balaban J connectivity index is 1.88. The molecule has 158 valence electrons. The third-order valence-corrected chi connectivity index (χ3v) is 5.17. The van der Waals surface area contributed by atoms with E-state index in [9.17, 15) is 14.4 Å². The van der Waals surface area contributed by atoms with E-state index in [0.717, 1.165) is 16.7 Å². The molecule has 0 N–H and O–H groups in total. The molecule has 2 amide bonds. The third kappa shape index (κ3) is 4.13. The molecule has 0 aliphatic carbocycles. The molecule has 10 heteroatoms. The van der Waals surface area contributed by atoms with Crippen LogP contribution in [0.2, 0.25) is 0 Å². The van der Waals surface area contributed by atoms with Gasteiger partial charge in [0.1, 0.15) is 23.0 Å². The minimum atomic E-state index is -0.644. The zero-order valence-electron chi connectivity index (χ0n) is 16.7. The molecule has 1 fully saturated rings. The summed E-state index contributed by atoms with van der Waals surface area (Å²) in [5, 5.41) is -0.464. The summed E-state index contributed by atoms with van der Waals surface area (Å²) in [4.78, 5) is 38.0. The average Bonchev–Trinajstić information content (AvgIpc) is 3.33. The van der Waals surface area contributed by atoms with Gasteiger partial charge in [0.05, 0.1) is 45.5 Å². The van der Waals surface area contributed by atoms with Crippen molar-refractivity contribution in [2.45, 2.75) is 6.54 Å². The molecule has 3 rings (SSSR count). The molecule has 1 aliphatic heterocycles. The minimum absolute atomic E-state index is 0.0114. The summed E-state index contributed by atoms with van der Waals surface area (Å²) >= 11 is 0.785. The lowest BCUT2D eigenvalue weighted by molar-refractivity contribution is -0.123. The predicted molar refractivity (Wildman–Crippen MR) is 108 cm³/mol. The van der Waals surface area contributed by atoms with Gasteiger partial charge in [-0.3, -0.25) is 14.5 Å². The number of thioether (sulfide) groups is 1. The average molecular weight is 433 g/mol. The number of carbonyl (C=O) groups excluding carboxylic acids is 3. The van der Waals surface area contributed by atoms with Crippen molar-refractivity contribution >= 4 is 35.0 Å². The Morgan fingerprint density at radius 2 is 1.73 bits per heavy atom. The van der Waals surface area contributed by atoms with Gasteiger partial charge in [-0.25, -0.2) is 4.79 Å². The van der Waals surface area contributed by atoms with E-state index < -0.39 is 17.1 Å². The van der Waals surface area contributed by atoms with Crippen LogP contribution in [0.1, 0.15) is 21.9 Å². The van der Waals surface area contributed by atoms with Crippen LogP contribution in [0.4, 0.5) is 4.79 Å². The first-order valence-corrected chi connectivity index (χ1v) is 9.45. The molecule has 2 aromatic rings. The van der Waals surface area contributed by atoms with E-state index in [0.29, 0.717) is 22.8 Å². The molecule has 0 bridgehead atoms. The summed E-state index contributed by atoms with van der Waals surface area (Å²) in [6, 6.07) is 6.23. The number of rotatable bonds is 7. The van der Waals surface area contributed by atoms with Crippen LogP contribution in [0.25, 0.3) is 6.08 Å². The number of hydrogen-bond acceptors (Lipinski definition) is 9. The number of hydrogen-bond donors (Lipinski definition) is 0. The molecule has 1 aromatic carbocycles. The van der Waals surface area contributed by atoms with Crippen molar-refractivity contribution in [2.24, 2.45) is 0 Å². The van der Waals surface area contributed by atoms with Gasteiger partial charge < -0.3 is 23.4 Å². The summed E-state index contributed by atoms with van der Waals surface area (Å²) in [5.41, 5.74) is 0.497. The maximum absolute atomic E-state index is 12.8. The first kappa shape index (κ1) is 21.3. The largest absolute Gasteiger partial charge is 0.496 e. The predicted octanol–water partition coefficient (Wildman–Crippen LogP) is 3.33. The second kappa shape index (κ2) is 8.95. The van der Waals surface area contributed by atoms with Crippen LogP contribution in [0, 0.1) is 0 Å². The number of benzene rings is 1. The standard InChI is InChI=1S/C20H19NO8S/c1-25-12-7-15(26-2)13(16(8-12)27-3)9-17-18(22)21(20(24)30-17)10-11-5-6-14(29-11)19(23)28-4/h5-9H,10H2,1-4H3/b17-9+. The normalized spacial score (nSPS) is 14.9. The first-order chi connectivity index (χ1) is 14.4. The molecule has 30 heavy (non-hydrogen) atoms. The highest BCUT2D eigenvalue weighted by molar-refractivity contribution is 8.18. The highest BCUT2D eigenvalue weighted by atomic mass is 32.2. The molecule has 0 atom stereocenters. The number of amides is 2. The zero-order chi connectivity index (χ0) is 21.8. The van der Waals surface area contributed by atoms with E-state index in [1.165, 1.54) is 46.6 Å². The molecular weight excluding hydrogens is 414 g/mol. The molecule has 0 unspecified atom stereocenters. The van der Waals surface area contributed by atoms with Crippen LogP contribution in [0.3, 0.4) is 0 Å². The monoisotopic (exact) mass is 433 g/mol. The van der Waals surface area contributed by atoms with Gasteiger partial charge >= 0.3 is 5.97 Å². The van der Waals surface area contributed by atoms with E-state index in [1.54, 1.807) is 12.1 Å². The fraction of sp³-hybridized carbons (Fsp3) is 0.250. The summed E-state index contributed by atoms with van der Waals surface area (Å²) in [6.45, 7) is -0.115. The third-order valence-electron chi connectivity index (χ3n) is 4.26. The number of nitrogens with zero attached hydrogens (tertiary/aromatic N) is 1. The number of carbonyl (C=O) groups is 3. The fourth-order valence-electron chi connectivity index (χ4n) is 2.77. The van der Waals surface area contributed by atoms with E-state index >= 15 is 0 Å². The summed E-state index contributed by atoms with van der Waals surface area (Å²) < 4.78 is 25.9. The lowest BCUT2D eigenvalue weighted by atomic mass is 10.1. The molecular formula is C20H19NO8S. The Morgan fingerprint density at radius 1 is 1.07 bits per heavy atom. The van der Waals surface area contributed by atoms with Gasteiger partial charge in [0, 0.05) is 12.1 Å². The number of esters is 1. The highest BCUT2D eigenvalue weighted by Gasteiger charge is 2.36. The zero-order valence-corrected chi connectivity index (χ0v) is 17.5. The van der Waals surface area contributed by atoms with Crippen LogP contribution in [-0.4, -0.2) is 50.5 Å². The summed E-state index contributed by atoms with van der Waals surface area (Å²) in [7, 11) is 5.70. The molecule has 0 saturated carbocycles. The second-order valence-electron chi connectivity index (χ2n) is 5.97. The van der Waals surface area contributed by atoms with E-state index in [2.05, 4.69) is 4.74 Å². The van der Waals surface area contributed by atoms with Crippen LogP contribution >= 0.6 is 11.8 Å². The number of imide groups is 1. The summed E-state index contributed by atoms with van der Waals surface area (Å²) in [6.07, 6.45) is 1.53. The minimum Gasteiger partial charge on any atom is -0.496 e. The van der Waals surface area contributed by atoms with E-state index in [-0.39, 0.29) is 23.0 Å². The van der Waals surface area contributed by atoms with Crippen LogP contribution in [0.15, 0.2) is 33.6 Å². The smallest absolute Gasteiger partial charge is 0.373 e. The van der Waals surface area contributed by atoms with Crippen molar-refractivity contribution < 1.29 is 37.7 Å². The van der Waals surface area contributed by atoms with Gasteiger partial charge in [-0.15, -0.1) is 0 Å². The number of furan rings is 1. The Kier molecular flexibility index (Phi) is 6.36. The van der Waals surface area contributed by atoms with Crippen molar-refractivity contribution in [3.63, 3.8) is 0 Å². The van der Waals surface area contributed by atoms with Gasteiger partial charge in [0.15, 0.2) is 0 Å². The van der Waals surface area contributed by atoms with Crippen molar-refractivity contribution in [1.29, 1.82) is 0 Å². The van der Waals surface area contributed by atoms with Gasteiger partial charge in [-0.1, -0.05) is 0 Å². The van der Waals surface area contributed by atoms with Gasteiger partial charge in [-0.2, -0.15) is 0 Å². The topological polar surface area (TPSA) is 105 Å². The Bertz CT molecular complexity index is 1000. The Hall–Kier alpha value is -3.40. The molecule has 9 nitrogen and oxygen atoms in total.